The highest BCUT2D eigenvalue weighted by molar-refractivity contribution is 6.63. The lowest BCUT2D eigenvalue weighted by atomic mass is 9.80. The molecule has 1 rings (SSSR count). The summed E-state index contributed by atoms with van der Waals surface area (Å²) in [5, 5.41) is -0.191. The first-order valence-electron chi connectivity index (χ1n) is 11.5. The summed E-state index contributed by atoms with van der Waals surface area (Å²) in [6.07, 6.45) is 12.8. The van der Waals surface area contributed by atoms with Crippen LogP contribution in [0.3, 0.4) is 0 Å². The van der Waals surface area contributed by atoms with Crippen LogP contribution in [-0.2, 0) is 4.79 Å². The van der Waals surface area contributed by atoms with Gasteiger partial charge >= 0.3 is 0 Å². The molecule has 0 aromatic carbocycles. The Kier molecular flexibility index (Phi) is 19.3. The molecule has 5 heteroatoms. The molecule has 0 amide bonds. The molecule has 0 aliphatic carbocycles. The van der Waals surface area contributed by atoms with E-state index >= 15 is 0 Å². The summed E-state index contributed by atoms with van der Waals surface area (Å²) < 4.78 is 0. The summed E-state index contributed by atoms with van der Waals surface area (Å²) in [5.41, 5.74) is 7.19. The number of aromatic nitrogens is 1. The van der Waals surface area contributed by atoms with Gasteiger partial charge in [-0.1, -0.05) is 73.1 Å². The Hall–Kier alpha value is -1.13. The Morgan fingerprint density at radius 1 is 1.00 bits per heavy atom. The third-order valence-electron chi connectivity index (χ3n) is 5.64. The van der Waals surface area contributed by atoms with Crippen molar-refractivity contribution in [1.82, 2.24) is 4.98 Å². The van der Waals surface area contributed by atoms with Crippen LogP contribution in [0, 0.1) is 11.8 Å². The van der Waals surface area contributed by atoms with E-state index in [0.29, 0.717) is 18.3 Å². The highest BCUT2D eigenvalue weighted by atomic mass is 35.5. The second-order valence-corrected chi connectivity index (χ2v) is 9.42. The molecule has 1 heterocycles. The molecule has 0 bridgehead atoms. The van der Waals surface area contributed by atoms with Crippen molar-refractivity contribution in [1.29, 1.82) is 0 Å². The van der Waals surface area contributed by atoms with Crippen LogP contribution in [0.1, 0.15) is 92.9 Å². The number of carbonyl (C=O) groups excluding carboxylic acids is 1. The van der Waals surface area contributed by atoms with Gasteiger partial charge in [-0.25, -0.2) is 0 Å². The molecule has 1 aromatic rings. The van der Waals surface area contributed by atoms with E-state index in [1.54, 1.807) is 12.4 Å². The maximum absolute atomic E-state index is 10.3. The zero-order valence-corrected chi connectivity index (χ0v) is 21.6. The summed E-state index contributed by atoms with van der Waals surface area (Å²) in [7, 11) is 4.02. The molecule has 1 aromatic heterocycles. The average Bonchev–Trinajstić information content (AvgIpc) is 2.68. The number of carbonyl (C=O) groups is 1. The van der Waals surface area contributed by atoms with Crippen LogP contribution in [0.15, 0.2) is 24.5 Å². The molecule has 0 saturated carbocycles. The first kappa shape index (κ1) is 31.1. The van der Waals surface area contributed by atoms with Gasteiger partial charge in [0.15, 0.2) is 0 Å². The number of rotatable bonds is 11. The number of nitrogens with zero attached hydrogens (tertiary/aromatic N) is 2. The monoisotopic (exact) mass is 441 g/mol. The van der Waals surface area contributed by atoms with E-state index in [1.165, 1.54) is 37.8 Å². The minimum atomic E-state index is -0.191. The predicted molar refractivity (Wildman–Crippen MR) is 134 cm³/mol. The number of hydrogen-bond acceptors (Lipinski definition) is 4. The van der Waals surface area contributed by atoms with Crippen LogP contribution in [0.25, 0.3) is 0 Å². The molecular formula is C25H48ClN3O. The van der Waals surface area contributed by atoms with Crippen molar-refractivity contribution in [3.8, 4) is 0 Å². The molecule has 0 aliphatic heterocycles. The Balaban J connectivity index is 0. The highest BCUT2D eigenvalue weighted by Gasteiger charge is 2.26. The van der Waals surface area contributed by atoms with E-state index in [0.717, 1.165) is 12.8 Å². The summed E-state index contributed by atoms with van der Waals surface area (Å²) in [5.74, 6) is 1.13. The molecule has 0 radical (unpaired) electrons. The molecule has 0 saturated heterocycles. The van der Waals surface area contributed by atoms with Gasteiger partial charge in [-0.15, -0.1) is 0 Å². The van der Waals surface area contributed by atoms with Crippen LogP contribution in [0.5, 0.6) is 0 Å². The number of unbranched alkanes of at least 4 members (excludes halogenated alkanes) is 6. The van der Waals surface area contributed by atoms with Crippen molar-refractivity contribution in [2.24, 2.45) is 17.6 Å². The van der Waals surface area contributed by atoms with E-state index < -0.39 is 0 Å². The zero-order valence-electron chi connectivity index (χ0n) is 20.9. The SMILES string of the molecule is CC(C)C(C)(N)C(C)C.CCCCCCCCCC(=O)Cl.CN(C)c1ccncc1. The lowest BCUT2D eigenvalue weighted by molar-refractivity contribution is -0.111. The van der Waals surface area contributed by atoms with Crippen LogP contribution >= 0.6 is 11.6 Å². The van der Waals surface area contributed by atoms with E-state index in [4.69, 9.17) is 17.3 Å². The summed E-state index contributed by atoms with van der Waals surface area (Å²) in [4.78, 5) is 16.3. The van der Waals surface area contributed by atoms with Crippen LogP contribution < -0.4 is 10.6 Å². The van der Waals surface area contributed by atoms with Gasteiger partial charge in [0.25, 0.3) is 0 Å². The van der Waals surface area contributed by atoms with Gasteiger partial charge in [0, 0.05) is 44.1 Å². The predicted octanol–water partition coefficient (Wildman–Crippen LogP) is 7.06. The molecule has 4 nitrogen and oxygen atoms in total. The maximum Gasteiger partial charge on any atom is 0.221 e. The summed E-state index contributed by atoms with van der Waals surface area (Å²) >= 11 is 5.20. The molecule has 176 valence electrons. The zero-order chi connectivity index (χ0) is 23.6. The van der Waals surface area contributed by atoms with Crippen LogP contribution in [0.4, 0.5) is 5.69 Å². The average molecular weight is 442 g/mol. The molecular weight excluding hydrogens is 394 g/mol. The minimum Gasteiger partial charge on any atom is -0.378 e. The van der Waals surface area contributed by atoms with E-state index in [1.807, 2.05) is 31.1 Å². The first-order valence-corrected chi connectivity index (χ1v) is 11.9. The molecule has 0 unspecified atom stereocenters. The van der Waals surface area contributed by atoms with Crippen molar-refractivity contribution in [2.45, 2.75) is 98.4 Å². The standard InChI is InChI=1S/C10H19ClO.C8H19N.C7H10N2/c1-2-3-4-5-6-7-8-9-10(11)12;1-6(2)8(5,9)7(3)4;1-9(2)7-3-5-8-6-4-7/h2-9H2,1H3;6-7H,9H2,1-5H3;3-6H,1-2H3. The van der Waals surface area contributed by atoms with Crippen LogP contribution in [0.2, 0.25) is 0 Å². The Morgan fingerprint density at radius 3 is 1.73 bits per heavy atom. The minimum absolute atomic E-state index is 0.000000000000000222. The van der Waals surface area contributed by atoms with Crippen molar-refractivity contribution in [2.75, 3.05) is 19.0 Å². The highest BCUT2D eigenvalue weighted by Crippen LogP contribution is 2.21. The summed E-state index contributed by atoms with van der Waals surface area (Å²) in [6.45, 7) is 13.0. The van der Waals surface area contributed by atoms with Crippen molar-refractivity contribution in [3.63, 3.8) is 0 Å². The van der Waals surface area contributed by atoms with Crippen molar-refractivity contribution < 1.29 is 4.79 Å². The smallest absolute Gasteiger partial charge is 0.221 e. The van der Waals surface area contributed by atoms with Gasteiger partial charge in [0.2, 0.25) is 5.24 Å². The molecule has 0 atom stereocenters. The van der Waals surface area contributed by atoms with Gasteiger partial charge in [-0.2, -0.15) is 0 Å². The molecule has 30 heavy (non-hydrogen) atoms. The molecule has 0 spiro atoms. The molecule has 0 fully saturated rings. The van der Waals surface area contributed by atoms with Gasteiger partial charge in [0.1, 0.15) is 0 Å². The largest absolute Gasteiger partial charge is 0.378 e. The van der Waals surface area contributed by atoms with Crippen molar-refractivity contribution >= 4 is 22.5 Å². The van der Waals surface area contributed by atoms with E-state index in [9.17, 15) is 4.79 Å². The van der Waals surface area contributed by atoms with Gasteiger partial charge in [-0.3, -0.25) is 9.78 Å². The Morgan fingerprint density at radius 2 is 1.43 bits per heavy atom. The number of nitrogens with two attached hydrogens (primary N) is 1. The molecule has 2 N–H and O–H groups in total. The number of anilines is 1. The normalized spacial score (nSPS) is 10.8. The number of halogens is 1. The van der Waals surface area contributed by atoms with Crippen molar-refractivity contribution in [3.05, 3.63) is 24.5 Å². The van der Waals surface area contributed by atoms with Gasteiger partial charge < -0.3 is 10.6 Å². The number of hydrogen-bond donors (Lipinski definition) is 1. The second-order valence-electron chi connectivity index (χ2n) is 9.00. The fourth-order valence-electron chi connectivity index (χ4n) is 2.53. The topological polar surface area (TPSA) is 59.2 Å². The lowest BCUT2D eigenvalue weighted by Gasteiger charge is -2.33. The second kappa shape index (κ2) is 18.6. The van der Waals surface area contributed by atoms with E-state index in [-0.39, 0.29) is 10.8 Å². The fraction of sp³-hybridized carbons (Fsp3) is 0.760. The third kappa shape index (κ3) is 17.7. The van der Waals surface area contributed by atoms with E-state index in [2.05, 4.69) is 46.5 Å². The van der Waals surface area contributed by atoms with Crippen LogP contribution in [-0.4, -0.2) is 29.9 Å². The van der Waals surface area contributed by atoms with Gasteiger partial charge in [0.05, 0.1) is 0 Å². The fourth-order valence-corrected chi connectivity index (χ4v) is 2.66. The van der Waals surface area contributed by atoms with Gasteiger partial charge in [-0.05, 0) is 48.9 Å². The Bertz CT molecular complexity index is 506. The Labute approximate surface area is 192 Å². The number of pyridine rings is 1. The first-order chi connectivity index (χ1) is 14.0. The maximum atomic E-state index is 10.3. The third-order valence-corrected chi connectivity index (χ3v) is 5.83. The lowest BCUT2D eigenvalue weighted by Crippen LogP contribution is -2.46. The molecule has 0 aliphatic rings. The quantitative estimate of drug-likeness (QED) is 0.295. The summed E-state index contributed by atoms with van der Waals surface area (Å²) in [6, 6.07) is 3.94.